The molecule has 1 aliphatic rings. The van der Waals surface area contributed by atoms with Crippen molar-refractivity contribution in [2.24, 2.45) is 5.92 Å². The molecule has 1 unspecified atom stereocenters. The summed E-state index contributed by atoms with van der Waals surface area (Å²) >= 11 is 0. The number of carbonyl (C=O) groups excluding carboxylic acids is 1. The number of likely N-dealkylation sites (tertiary alicyclic amines) is 1. The van der Waals surface area contributed by atoms with E-state index in [4.69, 9.17) is 0 Å². The third-order valence-electron chi connectivity index (χ3n) is 3.53. The number of amides is 1. The van der Waals surface area contributed by atoms with E-state index in [1.165, 1.54) is 6.42 Å². The fraction of sp³-hybridized carbons (Fsp3) is 0.643. The van der Waals surface area contributed by atoms with Gasteiger partial charge in [0.05, 0.1) is 12.4 Å². The molecule has 0 radical (unpaired) electrons. The zero-order valence-corrected chi connectivity index (χ0v) is 11.7. The maximum Gasteiger partial charge on any atom is 0.274 e. The van der Waals surface area contributed by atoms with Crippen molar-refractivity contribution in [2.45, 2.75) is 33.1 Å². The quantitative estimate of drug-likeness (QED) is 0.907. The molecule has 5 nitrogen and oxygen atoms in total. The summed E-state index contributed by atoms with van der Waals surface area (Å²) in [6.45, 7) is 6.71. The van der Waals surface area contributed by atoms with Gasteiger partial charge in [0.2, 0.25) is 0 Å². The Morgan fingerprint density at radius 2 is 2.21 bits per heavy atom. The van der Waals surface area contributed by atoms with Crippen LogP contribution in [-0.2, 0) is 0 Å². The number of hydrogen-bond donors (Lipinski definition) is 1. The molecule has 1 amide bonds. The normalized spacial score (nSPS) is 19.9. The van der Waals surface area contributed by atoms with Crippen LogP contribution >= 0.6 is 0 Å². The van der Waals surface area contributed by atoms with Crippen LogP contribution in [0.2, 0.25) is 0 Å². The van der Waals surface area contributed by atoms with E-state index in [0.717, 1.165) is 32.5 Å². The Balaban J connectivity index is 2.02. The standard InChI is InChI=1S/C14H22N4O/c1-3-15-13-10-16-12(9-17-13)14(19)18-7-4-5-11(2)6-8-18/h9-11H,3-8H2,1-2H3,(H,15,17). The number of rotatable bonds is 3. The summed E-state index contributed by atoms with van der Waals surface area (Å²) in [5, 5.41) is 3.07. The van der Waals surface area contributed by atoms with Crippen molar-refractivity contribution in [3.05, 3.63) is 18.1 Å². The SMILES string of the molecule is CCNc1cnc(C(=O)N2CCCC(C)CC2)cn1. The van der Waals surface area contributed by atoms with Crippen LogP contribution in [0.1, 0.15) is 43.6 Å². The van der Waals surface area contributed by atoms with Crippen molar-refractivity contribution < 1.29 is 4.79 Å². The summed E-state index contributed by atoms with van der Waals surface area (Å²) in [5.74, 6) is 1.42. The van der Waals surface area contributed by atoms with Gasteiger partial charge in [0.25, 0.3) is 5.91 Å². The van der Waals surface area contributed by atoms with Crippen LogP contribution in [0.25, 0.3) is 0 Å². The molecule has 1 aromatic heterocycles. The molecule has 0 spiro atoms. The molecule has 1 saturated heterocycles. The lowest BCUT2D eigenvalue weighted by Gasteiger charge is -2.19. The molecule has 1 N–H and O–H groups in total. The van der Waals surface area contributed by atoms with Crippen LogP contribution in [-0.4, -0.2) is 40.4 Å². The number of anilines is 1. The first-order valence-corrected chi connectivity index (χ1v) is 7.06. The van der Waals surface area contributed by atoms with E-state index < -0.39 is 0 Å². The van der Waals surface area contributed by atoms with Gasteiger partial charge >= 0.3 is 0 Å². The van der Waals surface area contributed by atoms with Crippen LogP contribution in [0.15, 0.2) is 12.4 Å². The zero-order valence-electron chi connectivity index (χ0n) is 11.7. The Kier molecular flexibility index (Phi) is 4.71. The fourth-order valence-electron chi connectivity index (χ4n) is 2.34. The van der Waals surface area contributed by atoms with Gasteiger partial charge in [-0.25, -0.2) is 9.97 Å². The van der Waals surface area contributed by atoms with Gasteiger partial charge in [0.1, 0.15) is 11.5 Å². The summed E-state index contributed by atoms with van der Waals surface area (Å²) < 4.78 is 0. The Bertz CT molecular complexity index is 418. The lowest BCUT2D eigenvalue weighted by Crippen LogP contribution is -2.32. The van der Waals surface area contributed by atoms with Gasteiger partial charge in [-0.3, -0.25) is 4.79 Å². The third kappa shape index (κ3) is 3.66. The average molecular weight is 262 g/mol. The van der Waals surface area contributed by atoms with Crippen LogP contribution in [0, 0.1) is 5.92 Å². The second-order valence-corrected chi connectivity index (χ2v) is 5.15. The zero-order chi connectivity index (χ0) is 13.7. The van der Waals surface area contributed by atoms with Gasteiger partial charge in [-0.1, -0.05) is 6.92 Å². The molecule has 1 fully saturated rings. The summed E-state index contributed by atoms with van der Waals surface area (Å²) in [6.07, 6.45) is 6.55. The summed E-state index contributed by atoms with van der Waals surface area (Å²) in [4.78, 5) is 22.6. The minimum atomic E-state index is 0.00430. The van der Waals surface area contributed by atoms with Crippen LogP contribution in [0.4, 0.5) is 5.82 Å². The molecule has 1 atom stereocenters. The molecule has 2 heterocycles. The van der Waals surface area contributed by atoms with Crippen LogP contribution in [0.3, 0.4) is 0 Å². The maximum absolute atomic E-state index is 12.3. The maximum atomic E-state index is 12.3. The summed E-state index contributed by atoms with van der Waals surface area (Å²) in [7, 11) is 0. The molecule has 1 aliphatic heterocycles. The lowest BCUT2D eigenvalue weighted by atomic mass is 10.0. The van der Waals surface area contributed by atoms with Crippen molar-refractivity contribution in [3.63, 3.8) is 0 Å². The first kappa shape index (κ1) is 13.8. The molecule has 0 bridgehead atoms. The number of aromatic nitrogens is 2. The highest BCUT2D eigenvalue weighted by Crippen LogP contribution is 2.17. The number of carbonyl (C=O) groups is 1. The van der Waals surface area contributed by atoms with Gasteiger partial charge in [0.15, 0.2) is 0 Å². The van der Waals surface area contributed by atoms with E-state index in [2.05, 4.69) is 22.2 Å². The smallest absolute Gasteiger partial charge is 0.274 e. The highest BCUT2D eigenvalue weighted by atomic mass is 16.2. The molecule has 0 aromatic carbocycles. The molecule has 0 aliphatic carbocycles. The van der Waals surface area contributed by atoms with Crippen LogP contribution in [0.5, 0.6) is 0 Å². The molecule has 0 saturated carbocycles. The minimum Gasteiger partial charge on any atom is -0.369 e. The number of hydrogen-bond acceptors (Lipinski definition) is 4. The first-order valence-electron chi connectivity index (χ1n) is 7.06. The Morgan fingerprint density at radius 1 is 1.37 bits per heavy atom. The molecule has 19 heavy (non-hydrogen) atoms. The molecular weight excluding hydrogens is 240 g/mol. The Morgan fingerprint density at radius 3 is 2.89 bits per heavy atom. The third-order valence-corrected chi connectivity index (χ3v) is 3.53. The van der Waals surface area contributed by atoms with Crippen molar-refractivity contribution in [3.8, 4) is 0 Å². The highest BCUT2D eigenvalue weighted by molar-refractivity contribution is 5.92. The van der Waals surface area contributed by atoms with E-state index in [1.54, 1.807) is 12.4 Å². The van der Waals surface area contributed by atoms with E-state index >= 15 is 0 Å². The van der Waals surface area contributed by atoms with Gasteiger partial charge in [-0.2, -0.15) is 0 Å². The largest absolute Gasteiger partial charge is 0.369 e. The number of nitrogens with one attached hydrogen (secondary N) is 1. The molecule has 5 heteroatoms. The van der Waals surface area contributed by atoms with Crippen LogP contribution < -0.4 is 5.32 Å². The topological polar surface area (TPSA) is 58.1 Å². The van der Waals surface area contributed by atoms with E-state index in [-0.39, 0.29) is 5.91 Å². The highest BCUT2D eigenvalue weighted by Gasteiger charge is 2.20. The second kappa shape index (κ2) is 6.50. The van der Waals surface area contributed by atoms with E-state index in [9.17, 15) is 4.79 Å². The fourth-order valence-corrected chi connectivity index (χ4v) is 2.34. The van der Waals surface area contributed by atoms with Crippen molar-refractivity contribution in [1.29, 1.82) is 0 Å². The first-order chi connectivity index (χ1) is 9.20. The van der Waals surface area contributed by atoms with Crippen molar-refractivity contribution in [2.75, 3.05) is 25.0 Å². The van der Waals surface area contributed by atoms with Crippen molar-refractivity contribution >= 4 is 11.7 Å². The molecule has 2 rings (SSSR count). The molecule has 104 valence electrons. The van der Waals surface area contributed by atoms with Gasteiger partial charge in [0, 0.05) is 19.6 Å². The Hall–Kier alpha value is -1.65. The van der Waals surface area contributed by atoms with Gasteiger partial charge in [-0.05, 0) is 32.1 Å². The average Bonchev–Trinajstić information content (AvgIpc) is 2.64. The molecule has 1 aromatic rings. The predicted octanol–water partition coefficient (Wildman–Crippen LogP) is 2.17. The van der Waals surface area contributed by atoms with Crippen molar-refractivity contribution in [1.82, 2.24) is 14.9 Å². The predicted molar refractivity (Wildman–Crippen MR) is 75.1 cm³/mol. The lowest BCUT2D eigenvalue weighted by molar-refractivity contribution is 0.0754. The minimum absolute atomic E-state index is 0.00430. The summed E-state index contributed by atoms with van der Waals surface area (Å²) in [5.41, 5.74) is 0.441. The second-order valence-electron chi connectivity index (χ2n) is 5.15. The summed E-state index contributed by atoms with van der Waals surface area (Å²) in [6, 6.07) is 0. The van der Waals surface area contributed by atoms with E-state index in [1.807, 2.05) is 11.8 Å². The monoisotopic (exact) mass is 262 g/mol. The van der Waals surface area contributed by atoms with Gasteiger partial charge < -0.3 is 10.2 Å². The van der Waals surface area contributed by atoms with Gasteiger partial charge in [-0.15, -0.1) is 0 Å². The van der Waals surface area contributed by atoms with E-state index in [0.29, 0.717) is 17.4 Å². The number of nitrogens with zero attached hydrogens (tertiary/aromatic N) is 3. The molecular formula is C14H22N4O. The Labute approximate surface area is 114 Å².